The summed E-state index contributed by atoms with van der Waals surface area (Å²) in [6.07, 6.45) is 29.9. The lowest BCUT2D eigenvalue weighted by Crippen LogP contribution is -2.30. The highest BCUT2D eigenvalue weighted by Crippen LogP contribution is 2.43. The molecule has 0 radical (unpaired) electrons. The molecule has 0 aliphatic heterocycles. The zero-order valence-electron chi connectivity index (χ0n) is 34.6. The van der Waals surface area contributed by atoms with Gasteiger partial charge in [0.15, 0.2) is 11.9 Å². The minimum absolute atomic E-state index is 0.0755. The van der Waals surface area contributed by atoms with Gasteiger partial charge in [0.25, 0.3) is 0 Å². The minimum atomic E-state index is -4.89. The molecule has 0 heterocycles. The Balaban J connectivity index is 4.77. The van der Waals surface area contributed by atoms with E-state index in [1.54, 1.807) is 12.2 Å². The van der Waals surface area contributed by atoms with Crippen molar-refractivity contribution in [3.8, 4) is 0 Å². The van der Waals surface area contributed by atoms with Crippen LogP contribution in [0.15, 0.2) is 48.6 Å². The van der Waals surface area contributed by atoms with Crippen molar-refractivity contribution >= 4 is 33.4 Å². The number of carbonyl (C=O) groups excluding carboxylic acids is 3. The van der Waals surface area contributed by atoms with Gasteiger partial charge >= 0.3 is 27.6 Å². The number of ether oxygens (including phenoxy) is 2. The van der Waals surface area contributed by atoms with Gasteiger partial charge in [-0.25, -0.2) is 9.13 Å². The average molecular weight is 851 g/mol. The largest absolute Gasteiger partial charge is 0.472 e. The number of esters is 2. The van der Waals surface area contributed by atoms with Crippen LogP contribution in [0.5, 0.6) is 0 Å². The van der Waals surface area contributed by atoms with Crippen LogP contribution < -0.4 is 0 Å². The molecule has 0 aliphatic rings. The van der Waals surface area contributed by atoms with Gasteiger partial charge in [-0.3, -0.25) is 28.0 Å². The Bertz CT molecular complexity index is 1280. The van der Waals surface area contributed by atoms with Crippen molar-refractivity contribution in [2.45, 2.75) is 161 Å². The zero-order valence-corrected chi connectivity index (χ0v) is 36.4. The standard InChI is InChI=1S/C41H72O14P2/c1-4-6-7-8-9-10-11-12-13-14-18-21-24-28-37(42)29-26-31-41(45)55-39(35-54-57(49,50)53-33-38(43)32-52-56(46,47)48)34-51-40(44)30-25-22-19-16-15-17-20-23-27-36(3)5-2/h9-10,12-13,18,21,24,28,36,38-39,43H,4-8,11,14-17,19-20,22-23,25-27,29-35H2,1-3H3,(H,49,50)(H2,46,47,48)/b10-9-,13-12-,21-18-,28-24+/t36?,38-,39+/m0/s1. The summed E-state index contributed by atoms with van der Waals surface area (Å²) in [5.41, 5.74) is 0. The van der Waals surface area contributed by atoms with Crippen molar-refractivity contribution in [2.75, 3.05) is 26.4 Å². The number of hydrogen-bond acceptors (Lipinski definition) is 11. The molecular formula is C41H72O14P2. The van der Waals surface area contributed by atoms with E-state index >= 15 is 0 Å². The van der Waals surface area contributed by atoms with Crippen LogP contribution in [0.25, 0.3) is 0 Å². The second-order valence-corrected chi connectivity index (χ2v) is 16.9. The highest BCUT2D eigenvalue weighted by atomic mass is 31.2. The Morgan fingerprint density at radius 3 is 1.89 bits per heavy atom. The molecule has 0 spiro atoms. The van der Waals surface area contributed by atoms with E-state index in [9.17, 15) is 33.5 Å². The minimum Gasteiger partial charge on any atom is -0.462 e. The summed E-state index contributed by atoms with van der Waals surface area (Å²) < 4.78 is 47.4. The van der Waals surface area contributed by atoms with Crippen molar-refractivity contribution in [3.63, 3.8) is 0 Å². The van der Waals surface area contributed by atoms with E-state index in [0.717, 1.165) is 50.9 Å². The molecule has 0 fully saturated rings. The summed E-state index contributed by atoms with van der Waals surface area (Å²) in [4.78, 5) is 64.8. The summed E-state index contributed by atoms with van der Waals surface area (Å²) in [6, 6.07) is 0. The lowest BCUT2D eigenvalue weighted by atomic mass is 9.99. The van der Waals surface area contributed by atoms with Crippen LogP contribution in [0.3, 0.4) is 0 Å². The molecule has 0 aromatic heterocycles. The molecule has 2 unspecified atom stereocenters. The van der Waals surface area contributed by atoms with E-state index in [0.29, 0.717) is 6.42 Å². The highest BCUT2D eigenvalue weighted by molar-refractivity contribution is 7.47. The van der Waals surface area contributed by atoms with E-state index in [4.69, 9.17) is 23.8 Å². The van der Waals surface area contributed by atoms with Gasteiger partial charge in [-0.05, 0) is 50.5 Å². The topological polar surface area (TPSA) is 212 Å². The first-order valence-corrected chi connectivity index (χ1v) is 23.7. The number of unbranched alkanes of at least 4 members (excludes halogenated alkanes) is 10. The molecule has 0 saturated heterocycles. The molecule has 57 heavy (non-hydrogen) atoms. The third kappa shape index (κ3) is 39.0. The van der Waals surface area contributed by atoms with Crippen LogP contribution in [-0.4, -0.2) is 76.1 Å². The van der Waals surface area contributed by atoms with Crippen LogP contribution in [0.4, 0.5) is 0 Å². The lowest BCUT2D eigenvalue weighted by molar-refractivity contribution is -0.161. The van der Waals surface area contributed by atoms with Crippen LogP contribution in [0.2, 0.25) is 0 Å². The van der Waals surface area contributed by atoms with Crippen molar-refractivity contribution in [2.24, 2.45) is 5.92 Å². The molecular weight excluding hydrogens is 778 g/mol. The van der Waals surface area contributed by atoms with E-state index < -0.39 is 66.2 Å². The number of aliphatic hydroxyl groups is 1. The maximum absolute atomic E-state index is 12.6. The molecule has 0 aromatic carbocycles. The fourth-order valence-electron chi connectivity index (χ4n) is 5.16. The molecule has 0 saturated carbocycles. The van der Waals surface area contributed by atoms with Crippen molar-refractivity contribution in [3.05, 3.63) is 48.6 Å². The number of carbonyl (C=O) groups is 3. The molecule has 0 aliphatic carbocycles. The molecule has 4 N–H and O–H groups in total. The average Bonchev–Trinajstić information content (AvgIpc) is 3.16. The smallest absolute Gasteiger partial charge is 0.462 e. The number of ketones is 1. The van der Waals surface area contributed by atoms with Crippen LogP contribution in [0.1, 0.15) is 149 Å². The zero-order chi connectivity index (χ0) is 42.6. The molecule has 0 amide bonds. The first-order valence-electron chi connectivity index (χ1n) is 20.7. The number of phosphoric ester groups is 2. The number of allylic oxidation sites excluding steroid dienone is 8. The van der Waals surface area contributed by atoms with Gasteiger partial charge in [0.05, 0.1) is 19.8 Å². The van der Waals surface area contributed by atoms with Gasteiger partial charge in [0.2, 0.25) is 0 Å². The van der Waals surface area contributed by atoms with Crippen LogP contribution in [0, 0.1) is 5.92 Å². The van der Waals surface area contributed by atoms with Gasteiger partial charge < -0.3 is 29.3 Å². The Morgan fingerprint density at radius 1 is 0.632 bits per heavy atom. The summed E-state index contributed by atoms with van der Waals surface area (Å²) in [5, 5.41) is 9.72. The van der Waals surface area contributed by atoms with Crippen molar-refractivity contribution in [1.82, 2.24) is 0 Å². The quantitative estimate of drug-likeness (QED) is 0.0114. The number of aliphatic hydroxyl groups excluding tert-OH is 1. The fourth-order valence-corrected chi connectivity index (χ4v) is 6.31. The van der Waals surface area contributed by atoms with Gasteiger partial charge in [-0.2, -0.15) is 0 Å². The number of rotatable bonds is 38. The predicted octanol–water partition coefficient (Wildman–Crippen LogP) is 9.32. The molecule has 0 bridgehead atoms. The first-order chi connectivity index (χ1) is 27.2. The van der Waals surface area contributed by atoms with E-state index in [-0.39, 0.29) is 31.5 Å². The number of phosphoric acid groups is 2. The lowest BCUT2D eigenvalue weighted by Gasteiger charge is -2.20. The van der Waals surface area contributed by atoms with Crippen molar-refractivity contribution < 1.29 is 66.3 Å². The highest BCUT2D eigenvalue weighted by Gasteiger charge is 2.28. The van der Waals surface area contributed by atoms with Gasteiger partial charge in [-0.1, -0.05) is 134 Å². The van der Waals surface area contributed by atoms with Gasteiger partial charge in [0.1, 0.15) is 12.7 Å². The predicted molar refractivity (Wildman–Crippen MR) is 221 cm³/mol. The Hall–Kier alpha value is -2.25. The summed E-state index contributed by atoms with van der Waals surface area (Å²) >= 11 is 0. The third-order valence-corrected chi connectivity index (χ3v) is 10.2. The SMILES string of the molecule is CCCCC/C=C\C/C=C\C/C=C\C=C\C(=O)CCCC(=O)O[C@H](COC(=O)CCCCCCCCCCC(C)CC)COP(=O)(O)OC[C@@H](O)COP(=O)(O)O. The molecule has 330 valence electrons. The molecule has 14 nitrogen and oxygen atoms in total. The van der Waals surface area contributed by atoms with Gasteiger partial charge in [0, 0.05) is 19.3 Å². The third-order valence-electron chi connectivity index (χ3n) is 8.73. The summed E-state index contributed by atoms with van der Waals surface area (Å²) in [6.45, 7) is 3.73. The number of hydrogen-bond donors (Lipinski definition) is 4. The second kappa shape index (κ2) is 35.7. The normalized spacial score (nSPS) is 15.1. The maximum Gasteiger partial charge on any atom is 0.472 e. The molecule has 0 aromatic rings. The molecule has 4 atom stereocenters. The first kappa shape index (κ1) is 54.8. The van der Waals surface area contributed by atoms with E-state index in [1.807, 2.05) is 6.08 Å². The Kier molecular flexibility index (Phi) is 34.3. The summed E-state index contributed by atoms with van der Waals surface area (Å²) in [5.74, 6) is -0.696. The monoisotopic (exact) mass is 850 g/mol. The van der Waals surface area contributed by atoms with Gasteiger partial charge in [-0.15, -0.1) is 0 Å². The van der Waals surface area contributed by atoms with Crippen LogP contribution >= 0.6 is 15.6 Å². The fraction of sp³-hybridized carbons (Fsp3) is 0.732. The summed E-state index contributed by atoms with van der Waals surface area (Å²) in [7, 11) is -9.76. The second-order valence-electron chi connectivity index (χ2n) is 14.2. The Labute approximate surface area is 341 Å². The molecule has 16 heteroatoms. The van der Waals surface area contributed by atoms with Crippen molar-refractivity contribution in [1.29, 1.82) is 0 Å². The maximum atomic E-state index is 12.6. The Morgan fingerprint density at radius 2 is 1.23 bits per heavy atom. The van der Waals surface area contributed by atoms with Crippen LogP contribution in [-0.2, 0) is 46.6 Å². The van der Waals surface area contributed by atoms with E-state index in [1.165, 1.54) is 57.4 Å². The molecule has 0 rings (SSSR count). The van der Waals surface area contributed by atoms with E-state index in [2.05, 4.69) is 54.1 Å².